The van der Waals surface area contributed by atoms with Gasteiger partial charge in [0.25, 0.3) is 0 Å². The van der Waals surface area contributed by atoms with E-state index in [1.165, 1.54) is 7.11 Å². The second-order valence-corrected chi connectivity index (χ2v) is 5.93. The van der Waals surface area contributed by atoms with Gasteiger partial charge in [-0.1, -0.05) is 0 Å². The molecule has 1 unspecified atom stereocenters. The predicted octanol–water partition coefficient (Wildman–Crippen LogP) is -1.25. The summed E-state index contributed by atoms with van der Waals surface area (Å²) in [7, 11) is -1.37. The Bertz CT molecular complexity index is 433. The van der Waals surface area contributed by atoms with Crippen molar-refractivity contribution in [3.63, 3.8) is 0 Å². The smallest absolute Gasteiger partial charge is 0.322 e. The van der Waals surface area contributed by atoms with Crippen molar-refractivity contribution < 1.29 is 32.2 Å². The monoisotopic (exact) mass is 295 g/mol. The van der Waals surface area contributed by atoms with E-state index in [1.807, 2.05) is 0 Å². The van der Waals surface area contributed by atoms with Crippen LogP contribution < -0.4 is 0 Å². The Morgan fingerprint density at radius 2 is 1.89 bits per heavy atom. The summed E-state index contributed by atoms with van der Waals surface area (Å²) in [6.07, 6.45) is -0.589. The van der Waals surface area contributed by atoms with Crippen LogP contribution in [0, 0.1) is 0 Å². The van der Waals surface area contributed by atoms with Crippen LogP contribution in [-0.4, -0.2) is 70.4 Å². The standard InChI is InChI=1S/C10H17NO7S/c1-16-9(12)5-8-6-11(3-4-18-8)19(14,15)7-10(13)17-2/h8H,3-7H2,1-2H3. The molecule has 1 fully saturated rings. The molecule has 0 aromatic heterocycles. The molecular weight excluding hydrogens is 278 g/mol. The highest BCUT2D eigenvalue weighted by Gasteiger charge is 2.32. The van der Waals surface area contributed by atoms with E-state index in [0.29, 0.717) is 0 Å². The van der Waals surface area contributed by atoms with Crippen molar-refractivity contribution >= 4 is 22.0 Å². The summed E-state index contributed by atoms with van der Waals surface area (Å²) in [5.41, 5.74) is 0. The molecule has 9 heteroatoms. The Morgan fingerprint density at radius 1 is 1.26 bits per heavy atom. The average molecular weight is 295 g/mol. The maximum atomic E-state index is 11.9. The van der Waals surface area contributed by atoms with Crippen molar-refractivity contribution in [3.8, 4) is 0 Å². The van der Waals surface area contributed by atoms with E-state index in [1.54, 1.807) is 0 Å². The summed E-state index contributed by atoms with van der Waals surface area (Å²) < 4.78 is 39.1. The third-order valence-corrected chi connectivity index (χ3v) is 4.36. The molecule has 1 heterocycles. The largest absolute Gasteiger partial charge is 0.469 e. The van der Waals surface area contributed by atoms with Crippen molar-refractivity contribution in [2.24, 2.45) is 0 Å². The van der Waals surface area contributed by atoms with Gasteiger partial charge >= 0.3 is 11.9 Å². The summed E-state index contributed by atoms with van der Waals surface area (Å²) in [6.45, 7) is 0.341. The summed E-state index contributed by atoms with van der Waals surface area (Å²) in [4.78, 5) is 22.2. The van der Waals surface area contributed by atoms with E-state index in [4.69, 9.17) is 4.74 Å². The van der Waals surface area contributed by atoms with Gasteiger partial charge in [0.15, 0.2) is 5.75 Å². The molecule has 1 saturated heterocycles. The van der Waals surface area contributed by atoms with Gasteiger partial charge in [-0.25, -0.2) is 8.42 Å². The van der Waals surface area contributed by atoms with E-state index in [9.17, 15) is 18.0 Å². The topological polar surface area (TPSA) is 99.2 Å². The van der Waals surface area contributed by atoms with Crippen molar-refractivity contribution in [1.82, 2.24) is 4.31 Å². The summed E-state index contributed by atoms with van der Waals surface area (Å²) in [5, 5.41) is 0. The maximum absolute atomic E-state index is 11.9. The minimum Gasteiger partial charge on any atom is -0.469 e. The van der Waals surface area contributed by atoms with Crippen LogP contribution in [0.2, 0.25) is 0 Å². The lowest BCUT2D eigenvalue weighted by Crippen LogP contribution is -2.47. The number of rotatable bonds is 5. The first-order chi connectivity index (χ1) is 8.89. The van der Waals surface area contributed by atoms with Gasteiger partial charge in [-0.3, -0.25) is 9.59 Å². The normalized spacial score (nSPS) is 20.8. The number of sulfonamides is 1. The fourth-order valence-electron chi connectivity index (χ4n) is 1.64. The number of carbonyl (C=O) groups is 2. The number of methoxy groups -OCH3 is 2. The molecule has 0 N–H and O–H groups in total. The van der Waals surface area contributed by atoms with Crippen LogP contribution in [0.15, 0.2) is 0 Å². The van der Waals surface area contributed by atoms with Gasteiger partial charge in [-0.05, 0) is 0 Å². The van der Waals surface area contributed by atoms with Gasteiger partial charge in [0.1, 0.15) is 0 Å². The SMILES string of the molecule is COC(=O)CC1CN(S(=O)(=O)CC(=O)OC)CCO1. The third-order valence-electron chi connectivity index (χ3n) is 2.64. The summed E-state index contributed by atoms with van der Waals surface area (Å²) in [5.74, 6) is -2.01. The number of morpholine rings is 1. The van der Waals surface area contributed by atoms with Gasteiger partial charge in [0, 0.05) is 13.1 Å². The van der Waals surface area contributed by atoms with Crippen LogP contribution in [0.5, 0.6) is 0 Å². The van der Waals surface area contributed by atoms with E-state index >= 15 is 0 Å². The fourth-order valence-corrected chi connectivity index (χ4v) is 2.98. The highest BCUT2D eigenvalue weighted by Crippen LogP contribution is 2.13. The molecule has 110 valence electrons. The Kier molecular flexibility index (Phi) is 5.70. The Morgan fingerprint density at radius 3 is 2.47 bits per heavy atom. The first-order valence-corrected chi connectivity index (χ1v) is 7.23. The van der Waals surface area contributed by atoms with Crippen molar-refractivity contribution in [2.75, 3.05) is 39.7 Å². The Balaban J connectivity index is 2.63. The van der Waals surface area contributed by atoms with E-state index in [2.05, 4.69) is 9.47 Å². The number of esters is 2. The summed E-state index contributed by atoms with van der Waals surface area (Å²) >= 11 is 0. The lowest BCUT2D eigenvalue weighted by atomic mass is 10.2. The molecule has 0 spiro atoms. The van der Waals surface area contributed by atoms with Crippen LogP contribution in [-0.2, 0) is 33.8 Å². The van der Waals surface area contributed by atoms with Gasteiger partial charge in [0.2, 0.25) is 10.0 Å². The first-order valence-electron chi connectivity index (χ1n) is 5.62. The van der Waals surface area contributed by atoms with E-state index in [-0.39, 0.29) is 26.1 Å². The first kappa shape index (κ1) is 15.9. The number of nitrogens with zero attached hydrogens (tertiary/aromatic N) is 1. The van der Waals surface area contributed by atoms with E-state index in [0.717, 1.165) is 11.4 Å². The lowest BCUT2D eigenvalue weighted by molar-refractivity contribution is -0.145. The number of hydrogen-bond donors (Lipinski definition) is 0. The lowest BCUT2D eigenvalue weighted by Gasteiger charge is -2.31. The second kappa shape index (κ2) is 6.83. The maximum Gasteiger partial charge on any atom is 0.322 e. The zero-order chi connectivity index (χ0) is 14.5. The highest BCUT2D eigenvalue weighted by atomic mass is 32.2. The molecular formula is C10H17NO7S. The van der Waals surface area contributed by atoms with Crippen molar-refractivity contribution in [3.05, 3.63) is 0 Å². The molecule has 0 amide bonds. The Hall–Kier alpha value is -1.19. The molecule has 1 rings (SSSR count). The van der Waals surface area contributed by atoms with Gasteiger partial charge < -0.3 is 14.2 Å². The minimum absolute atomic E-state index is 0.0222. The predicted molar refractivity (Wildman–Crippen MR) is 63.7 cm³/mol. The third kappa shape index (κ3) is 4.77. The van der Waals surface area contributed by atoms with E-state index < -0.39 is 33.8 Å². The molecule has 0 radical (unpaired) electrons. The van der Waals surface area contributed by atoms with Gasteiger partial charge in [-0.2, -0.15) is 4.31 Å². The van der Waals surface area contributed by atoms with Crippen molar-refractivity contribution in [1.29, 1.82) is 0 Å². The quantitative estimate of drug-likeness (QED) is 0.584. The van der Waals surface area contributed by atoms with Gasteiger partial charge in [0.05, 0.1) is 33.4 Å². The number of hydrogen-bond acceptors (Lipinski definition) is 7. The van der Waals surface area contributed by atoms with Crippen LogP contribution in [0.3, 0.4) is 0 Å². The summed E-state index contributed by atoms with van der Waals surface area (Å²) in [6, 6.07) is 0. The minimum atomic E-state index is -3.74. The fraction of sp³-hybridized carbons (Fsp3) is 0.800. The van der Waals surface area contributed by atoms with Gasteiger partial charge in [-0.15, -0.1) is 0 Å². The number of ether oxygens (including phenoxy) is 3. The van der Waals surface area contributed by atoms with Crippen LogP contribution in [0.25, 0.3) is 0 Å². The molecule has 0 aliphatic carbocycles. The van der Waals surface area contributed by atoms with Crippen LogP contribution >= 0.6 is 0 Å². The highest BCUT2D eigenvalue weighted by molar-refractivity contribution is 7.89. The zero-order valence-corrected chi connectivity index (χ0v) is 11.6. The molecule has 8 nitrogen and oxygen atoms in total. The average Bonchev–Trinajstić information content (AvgIpc) is 2.38. The molecule has 1 aliphatic rings. The van der Waals surface area contributed by atoms with Crippen LogP contribution in [0.1, 0.15) is 6.42 Å². The second-order valence-electron chi connectivity index (χ2n) is 3.96. The molecule has 0 saturated carbocycles. The molecule has 19 heavy (non-hydrogen) atoms. The molecule has 0 aromatic carbocycles. The Labute approximate surface area is 111 Å². The number of carbonyl (C=O) groups excluding carboxylic acids is 2. The zero-order valence-electron chi connectivity index (χ0n) is 10.8. The molecule has 1 atom stereocenters. The molecule has 0 bridgehead atoms. The molecule has 1 aliphatic heterocycles. The molecule has 0 aromatic rings. The van der Waals surface area contributed by atoms with Crippen molar-refractivity contribution in [2.45, 2.75) is 12.5 Å². The van der Waals surface area contributed by atoms with Crippen LogP contribution in [0.4, 0.5) is 0 Å².